The number of hydrogen-bond acceptors (Lipinski definition) is 3. The van der Waals surface area contributed by atoms with Crippen molar-refractivity contribution in [3.63, 3.8) is 0 Å². The van der Waals surface area contributed by atoms with Crippen LogP contribution in [-0.4, -0.2) is 22.0 Å². The van der Waals surface area contributed by atoms with Gasteiger partial charge in [-0.05, 0) is 31.0 Å². The van der Waals surface area contributed by atoms with Crippen LogP contribution in [0.25, 0.3) is 0 Å². The highest BCUT2D eigenvalue weighted by molar-refractivity contribution is 5.36. The maximum Gasteiger partial charge on any atom is 0.163 e. The van der Waals surface area contributed by atoms with E-state index in [4.69, 9.17) is 4.74 Å². The molecule has 0 amide bonds. The van der Waals surface area contributed by atoms with Crippen LogP contribution < -0.4 is 4.74 Å². The van der Waals surface area contributed by atoms with Crippen molar-refractivity contribution in [2.24, 2.45) is 0 Å². The van der Waals surface area contributed by atoms with Crippen molar-refractivity contribution in [1.82, 2.24) is 9.78 Å². The Labute approximate surface area is 111 Å². The van der Waals surface area contributed by atoms with Crippen molar-refractivity contribution in [3.8, 4) is 5.75 Å². The molecule has 0 aliphatic carbocycles. The summed E-state index contributed by atoms with van der Waals surface area (Å²) in [5, 5.41) is 14.5. The summed E-state index contributed by atoms with van der Waals surface area (Å²) in [5.41, 5.74) is 1.57. The highest BCUT2D eigenvalue weighted by Crippen LogP contribution is 2.30. The van der Waals surface area contributed by atoms with Crippen molar-refractivity contribution in [1.29, 1.82) is 0 Å². The lowest BCUT2D eigenvalue weighted by Gasteiger charge is -2.15. The molecule has 2 rings (SSSR count). The summed E-state index contributed by atoms with van der Waals surface area (Å²) < 4.78 is 20.4. The SMILES string of the molecule is CCn1ncc(OC)c1C(O)c1ccc(C)c(F)c1. The minimum absolute atomic E-state index is 0.335. The number of halogens is 1. The number of aliphatic hydroxyl groups excluding tert-OH is 1. The van der Waals surface area contributed by atoms with Crippen molar-refractivity contribution >= 4 is 0 Å². The smallest absolute Gasteiger partial charge is 0.163 e. The molecule has 1 unspecified atom stereocenters. The fourth-order valence-corrected chi connectivity index (χ4v) is 2.00. The Bertz CT molecular complexity index is 559. The van der Waals surface area contributed by atoms with Gasteiger partial charge in [0.2, 0.25) is 0 Å². The molecular formula is C14H17FN2O2. The summed E-state index contributed by atoms with van der Waals surface area (Å²) in [5.74, 6) is 0.161. The zero-order valence-electron chi connectivity index (χ0n) is 11.2. The summed E-state index contributed by atoms with van der Waals surface area (Å²) >= 11 is 0. The lowest BCUT2D eigenvalue weighted by Crippen LogP contribution is -2.10. The topological polar surface area (TPSA) is 47.3 Å². The normalized spacial score (nSPS) is 12.5. The maximum absolute atomic E-state index is 13.6. The van der Waals surface area contributed by atoms with E-state index in [1.54, 1.807) is 29.9 Å². The van der Waals surface area contributed by atoms with E-state index in [1.807, 2.05) is 6.92 Å². The van der Waals surface area contributed by atoms with E-state index >= 15 is 0 Å². The lowest BCUT2D eigenvalue weighted by molar-refractivity contribution is 0.202. The van der Waals surface area contributed by atoms with E-state index in [-0.39, 0.29) is 5.82 Å². The molecule has 0 saturated carbocycles. The standard InChI is InChI=1S/C14H17FN2O2/c1-4-17-13(12(19-3)8-16-17)14(18)10-6-5-9(2)11(15)7-10/h5-8,14,18H,4H2,1-3H3. The van der Waals surface area contributed by atoms with E-state index < -0.39 is 6.10 Å². The number of nitrogens with zero attached hydrogens (tertiary/aromatic N) is 2. The van der Waals surface area contributed by atoms with Gasteiger partial charge in [-0.3, -0.25) is 4.68 Å². The van der Waals surface area contributed by atoms with Gasteiger partial charge in [-0.25, -0.2) is 4.39 Å². The molecule has 19 heavy (non-hydrogen) atoms. The summed E-state index contributed by atoms with van der Waals surface area (Å²) in [6.45, 7) is 4.20. The van der Waals surface area contributed by atoms with Gasteiger partial charge in [-0.2, -0.15) is 5.10 Å². The van der Waals surface area contributed by atoms with Gasteiger partial charge in [-0.1, -0.05) is 12.1 Å². The Morgan fingerprint density at radius 3 is 2.79 bits per heavy atom. The summed E-state index contributed by atoms with van der Waals surface area (Å²) in [6.07, 6.45) is 0.583. The van der Waals surface area contributed by atoms with Gasteiger partial charge < -0.3 is 9.84 Å². The Morgan fingerprint density at radius 1 is 1.47 bits per heavy atom. The Balaban J connectivity index is 2.45. The number of methoxy groups -OCH3 is 1. The Morgan fingerprint density at radius 2 is 2.21 bits per heavy atom. The molecule has 1 atom stereocenters. The van der Waals surface area contributed by atoms with Gasteiger partial charge in [0.1, 0.15) is 17.6 Å². The molecule has 2 aromatic rings. The molecule has 1 aromatic carbocycles. The second-order valence-corrected chi connectivity index (χ2v) is 4.33. The minimum Gasteiger partial charge on any atom is -0.493 e. The molecule has 0 saturated heterocycles. The minimum atomic E-state index is -0.965. The Hall–Kier alpha value is -1.88. The first-order valence-corrected chi connectivity index (χ1v) is 6.12. The van der Waals surface area contributed by atoms with E-state index in [0.29, 0.717) is 29.1 Å². The van der Waals surface area contributed by atoms with E-state index in [9.17, 15) is 9.50 Å². The first-order chi connectivity index (χ1) is 9.08. The molecule has 5 heteroatoms. The van der Waals surface area contributed by atoms with Gasteiger partial charge in [0, 0.05) is 6.54 Å². The molecule has 102 valence electrons. The number of ether oxygens (including phenoxy) is 1. The third-order valence-corrected chi connectivity index (χ3v) is 3.13. The van der Waals surface area contributed by atoms with Crippen LogP contribution in [0.4, 0.5) is 4.39 Å². The number of aryl methyl sites for hydroxylation is 2. The van der Waals surface area contributed by atoms with E-state index in [0.717, 1.165) is 0 Å². The van der Waals surface area contributed by atoms with Crippen LogP contribution in [0.3, 0.4) is 0 Å². The maximum atomic E-state index is 13.6. The molecule has 0 bridgehead atoms. The predicted molar refractivity (Wildman–Crippen MR) is 69.7 cm³/mol. The molecule has 0 aliphatic rings. The van der Waals surface area contributed by atoms with E-state index in [2.05, 4.69) is 5.10 Å². The number of aromatic nitrogens is 2. The number of aliphatic hydroxyl groups is 1. The van der Waals surface area contributed by atoms with Crippen LogP contribution in [0.1, 0.15) is 29.8 Å². The summed E-state index contributed by atoms with van der Waals surface area (Å²) in [7, 11) is 1.52. The second kappa shape index (κ2) is 5.40. The fraction of sp³-hybridized carbons (Fsp3) is 0.357. The van der Waals surface area contributed by atoms with Crippen LogP contribution in [0.15, 0.2) is 24.4 Å². The van der Waals surface area contributed by atoms with Crippen LogP contribution in [-0.2, 0) is 6.54 Å². The highest BCUT2D eigenvalue weighted by Gasteiger charge is 2.21. The largest absolute Gasteiger partial charge is 0.493 e. The van der Waals surface area contributed by atoms with Crippen molar-refractivity contribution in [3.05, 3.63) is 47.0 Å². The molecular weight excluding hydrogens is 247 g/mol. The molecule has 0 fully saturated rings. The number of hydrogen-bond donors (Lipinski definition) is 1. The second-order valence-electron chi connectivity index (χ2n) is 4.33. The lowest BCUT2D eigenvalue weighted by atomic mass is 10.0. The van der Waals surface area contributed by atoms with Gasteiger partial charge in [0.05, 0.1) is 13.3 Å². The van der Waals surface area contributed by atoms with E-state index in [1.165, 1.54) is 13.2 Å². The first kappa shape index (κ1) is 13.5. The van der Waals surface area contributed by atoms with Crippen LogP contribution in [0, 0.1) is 12.7 Å². The highest BCUT2D eigenvalue weighted by atomic mass is 19.1. The third kappa shape index (κ3) is 2.46. The van der Waals surface area contributed by atoms with Crippen LogP contribution >= 0.6 is 0 Å². The van der Waals surface area contributed by atoms with Gasteiger partial charge in [-0.15, -0.1) is 0 Å². The average Bonchev–Trinajstić information content (AvgIpc) is 2.83. The Kier molecular flexibility index (Phi) is 3.85. The van der Waals surface area contributed by atoms with Gasteiger partial charge in [0.25, 0.3) is 0 Å². The van der Waals surface area contributed by atoms with Crippen LogP contribution in [0.2, 0.25) is 0 Å². The molecule has 1 heterocycles. The first-order valence-electron chi connectivity index (χ1n) is 6.12. The number of benzene rings is 1. The summed E-state index contributed by atoms with van der Waals surface area (Å²) in [4.78, 5) is 0. The third-order valence-electron chi connectivity index (χ3n) is 3.13. The molecule has 1 N–H and O–H groups in total. The molecule has 1 aromatic heterocycles. The molecule has 0 aliphatic heterocycles. The van der Waals surface area contributed by atoms with Crippen molar-refractivity contribution in [2.45, 2.75) is 26.5 Å². The fourth-order valence-electron chi connectivity index (χ4n) is 2.00. The average molecular weight is 264 g/mol. The van der Waals surface area contributed by atoms with Crippen molar-refractivity contribution < 1.29 is 14.2 Å². The molecule has 0 radical (unpaired) electrons. The zero-order chi connectivity index (χ0) is 14.0. The van der Waals surface area contributed by atoms with Gasteiger partial charge >= 0.3 is 0 Å². The quantitative estimate of drug-likeness (QED) is 0.922. The predicted octanol–water partition coefficient (Wildman–Crippen LogP) is 2.44. The summed E-state index contributed by atoms with van der Waals surface area (Å²) in [6, 6.07) is 4.69. The molecule has 0 spiro atoms. The van der Waals surface area contributed by atoms with Gasteiger partial charge in [0.15, 0.2) is 5.75 Å². The van der Waals surface area contributed by atoms with Crippen LogP contribution in [0.5, 0.6) is 5.75 Å². The molecule has 4 nitrogen and oxygen atoms in total. The number of rotatable bonds is 4. The zero-order valence-corrected chi connectivity index (χ0v) is 11.2. The van der Waals surface area contributed by atoms with Crippen molar-refractivity contribution in [2.75, 3.05) is 7.11 Å². The monoisotopic (exact) mass is 264 g/mol.